The number of nitro groups is 1. The normalized spacial score (nSPS) is 11.5. The minimum Gasteiger partial charge on any atom is -0.450 e. The van der Waals surface area contributed by atoms with E-state index in [2.05, 4.69) is 0 Å². The first-order valence-corrected chi connectivity index (χ1v) is 10.3. The van der Waals surface area contributed by atoms with Gasteiger partial charge in [0.2, 0.25) is 11.2 Å². The number of carbonyl (C=O) groups is 1. The third-order valence-corrected chi connectivity index (χ3v) is 5.41. The van der Waals surface area contributed by atoms with Crippen LogP contribution >= 0.6 is 23.2 Å². The number of hydrogen-bond donors (Lipinski definition) is 0. The van der Waals surface area contributed by atoms with Crippen molar-refractivity contribution in [1.82, 2.24) is 0 Å². The molecule has 0 N–H and O–H groups in total. The van der Waals surface area contributed by atoms with Crippen LogP contribution < -0.4 is 10.2 Å². The minimum absolute atomic E-state index is 0.0442. The molecule has 0 amide bonds. The van der Waals surface area contributed by atoms with Gasteiger partial charge < -0.3 is 9.15 Å². The van der Waals surface area contributed by atoms with E-state index in [0.29, 0.717) is 0 Å². The highest BCUT2D eigenvalue weighted by Gasteiger charge is 2.39. The number of hydrogen-bond acceptors (Lipinski definition) is 6. The fourth-order valence-electron chi connectivity index (χ4n) is 3.26. The second kappa shape index (κ2) is 9.05. The molecule has 4 aromatic rings. The van der Waals surface area contributed by atoms with Gasteiger partial charge in [-0.3, -0.25) is 14.9 Å². The summed E-state index contributed by atoms with van der Waals surface area (Å²) in [6.45, 7) is 0. The maximum absolute atomic E-state index is 13.8. The smallest absolute Gasteiger partial charge is 0.450 e. The van der Waals surface area contributed by atoms with Crippen molar-refractivity contribution in [1.29, 1.82) is 0 Å². The molecule has 0 saturated heterocycles. The summed E-state index contributed by atoms with van der Waals surface area (Å²) in [6.07, 6.45) is -5.02. The van der Waals surface area contributed by atoms with Gasteiger partial charge in [-0.2, -0.15) is 13.2 Å². The highest BCUT2D eigenvalue weighted by Crippen LogP contribution is 2.38. The van der Waals surface area contributed by atoms with Gasteiger partial charge in [-0.25, -0.2) is 4.79 Å². The van der Waals surface area contributed by atoms with Crippen molar-refractivity contribution < 1.29 is 32.0 Å². The Morgan fingerprint density at radius 3 is 2.31 bits per heavy atom. The summed E-state index contributed by atoms with van der Waals surface area (Å²) in [7, 11) is 0. The van der Waals surface area contributed by atoms with E-state index in [1.807, 2.05) is 0 Å². The maximum atomic E-state index is 13.8. The summed E-state index contributed by atoms with van der Waals surface area (Å²) in [5.41, 5.74) is -2.93. The molecule has 1 aromatic heterocycles. The highest BCUT2D eigenvalue weighted by atomic mass is 35.5. The number of halogens is 5. The van der Waals surface area contributed by atoms with Gasteiger partial charge in [0.15, 0.2) is 0 Å². The van der Waals surface area contributed by atoms with Crippen LogP contribution in [0.1, 0.15) is 16.1 Å². The highest BCUT2D eigenvalue weighted by molar-refractivity contribution is 6.32. The van der Waals surface area contributed by atoms with Crippen LogP contribution in [0.4, 0.5) is 18.9 Å². The predicted molar refractivity (Wildman–Crippen MR) is 121 cm³/mol. The lowest BCUT2D eigenvalue weighted by Gasteiger charge is -2.13. The van der Waals surface area contributed by atoms with E-state index in [0.717, 1.165) is 24.3 Å². The van der Waals surface area contributed by atoms with E-state index < -0.39 is 45.1 Å². The number of carbonyl (C=O) groups excluding carboxylic acids is 1. The van der Waals surface area contributed by atoms with Crippen molar-refractivity contribution in [3.05, 3.63) is 102 Å². The second-order valence-corrected chi connectivity index (χ2v) is 7.95. The van der Waals surface area contributed by atoms with E-state index in [1.165, 1.54) is 36.4 Å². The summed E-state index contributed by atoms with van der Waals surface area (Å²) in [5.74, 6) is -2.83. The molecule has 12 heteroatoms. The number of rotatable bonds is 4. The number of ether oxygens (including phenoxy) is 1. The van der Waals surface area contributed by atoms with Gasteiger partial charge in [-0.05, 0) is 42.0 Å². The first-order valence-electron chi connectivity index (χ1n) is 9.56. The van der Waals surface area contributed by atoms with Crippen LogP contribution in [0.25, 0.3) is 22.1 Å². The molecule has 0 aliphatic heterocycles. The number of fused-ring (bicyclic) bond motifs is 1. The standard InChI is InChI=1S/C23H10Cl2F3NO6/c24-13-4-1-11(2-5-13)19-20(30)15-7-6-14(10-18(15)35-21(19)23(26,27)28)34-22(31)12-3-8-16(25)17(9-12)29(32)33/h1-10H. The van der Waals surface area contributed by atoms with Crippen LogP contribution in [-0.4, -0.2) is 10.9 Å². The van der Waals surface area contributed by atoms with E-state index in [9.17, 15) is 32.9 Å². The van der Waals surface area contributed by atoms with Crippen molar-refractivity contribution in [2.45, 2.75) is 6.18 Å². The topological polar surface area (TPSA) is 99.7 Å². The zero-order valence-electron chi connectivity index (χ0n) is 17.1. The van der Waals surface area contributed by atoms with Crippen LogP contribution in [0.15, 0.2) is 69.9 Å². The molecule has 3 aromatic carbocycles. The van der Waals surface area contributed by atoms with Gasteiger partial charge in [-0.15, -0.1) is 0 Å². The third kappa shape index (κ3) is 4.84. The second-order valence-electron chi connectivity index (χ2n) is 7.11. The maximum Gasteiger partial charge on any atom is 0.450 e. The lowest BCUT2D eigenvalue weighted by molar-refractivity contribution is -0.384. The molecule has 0 spiro atoms. The van der Waals surface area contributed by atoms with Crippen LogP contribution in [-0.2, 0) is 6.18 Å². The van der Waals surface area contributed by atoms with E-state index >= 15 is 0 Å². The summed E-state index contributed by atoms with van der Waals surface area (Å²) in [5, 5.41) is 10.9. The molecule has 1 heterocycles. The molecule has 35 heavy (non-hydrogen) atoms. The van der Waals surface area contributed by atoms with Crippen LogP contribution in [0.2, 0.25) is 10.0 Å². The quantitative estimate of drug-likeness (QED) is 0.125. The molecule has 0 fully saturated rings. The van der Waals surface area contributed by atoms with Crippen LogP contribution in [0.5, 0.6) is 5.75 Å². The molecular formula is C23H10Cl2F3NO6. The zero-order valence-corrected chi connectivity index (χ0v) is 18.6. The Morgan fingerprint density at radius 2 is 1.69 bits per heavy atom. The van der Waals surface area contributed by atoms with E-state index in [1.54, 1.807) is 0 Å². The molecule has 0 aliphatic carbocycles. The number of nitro benzene ring substituents is 1. The lowest BCUT2D eigenvalue weighted by atomic mass is 10.0. The largest absolute Gasteiger partial charge is 0.450 e. The van der Waals surface area contributed by atoms with Gasteiger partial charge in [0, 0.05) is 17.2 Å². The molecule has 0 unspecified atom stereocenters. The fraction of sp³-hybridized carbons (Fsp3) is 0.0435. The molecule has 0 radical (unpaired) electrons. The Hall–Kier alpha value is -3.89. The average Bonchev–Trinajstić information content (AvgIpc) is 2.79. The summed E-state index contributed by atoms with van der Waals surface area (Å²) in [6, 6.07) is 11.7. The molecular weight excluding hydrogens is 514 g/mol. The predicted octanol–water partition coefficient (Wildman–Crippen LogP) is 6.91. The number of benzene rings is 3. The Bertz CT molecular complexity index is 1550. The minimum atomic E-state index is -5.02. The van der Waals surface area contributed by atoms with Gasteiger partial charge in [-0.1, -0.05) is 35.3 Å². The van der Waals surface area contributed by atoms with Crippen molar-refractivity contribution in [3.8, 4) is 16.9 Å². The van der Waals surface area contributed by atoms with Crippen molar-refractivity contribution in [2.75, 3.05) is 0 Å². The monoisotopic (exact) mass is 523 g/mol. The number of nitrogens with zero attached hydrogens (tertiary/aromatic N) is 1. The van der Waals surface area contributed by atoms with E-state index in [-0.39, 0.29) is 32.3 Å². The lowest BCUT2D eigenvalue weighted by Crippen LogP contribution is -2.16. The zero-order chi connectivity index (χ0) is 25.5. The molecule has 7 nitrogen and oxygen atoms in total. The van der Waals surface area contributed by atoms with Crippen LogP contribution in [0.3, 0.4) is 0 Å². The SMILES string of the molecule is O=C(Oc1ccc2c(=O)c(-c3ccc(Cl)cc3)c(C(F)(F)F)oc2c1)c1ccc(Cl)c([N+](=O)[O-])c1. The third-order valence-electron chi connectivity index (χ3n) is 4.84. The molecule has 4 rings (SSSR count). The Labute approximate surface area is 203 Å². The first-order chi connectivity index (χ1) is 16.5. The molecule has 178 valence electrons. The molecule has 0 bridgehead atoms. The van der Waals surface area contributed by atoms with Crippen LogP contribution in [0, 0.1) is 10.1 Å². The fourth-order valence-corrected chi connectivity index (χ4v) is 3.57. The summed E-state index contributed by atoms with van der Waals surface area (Å²) < 4.78 is 51.5. The molecule has 0 atom stereocenters. The van der Waals surface area contributed by atoms with Gasteiger partial charge >= 0.3 is 12.1 Å². The molecule has 0 saturated carbocycles. The van der Waals surface area contributed by atoms with Crippen molar-refractivity contribution >= 4 is 45.8 Å². The van der Waals surface area contributed by atoms with Crippen molar-refractivity contribution in [2.24, 2.45) is 0 Å². The Morgan fingerprint density at radius 1 is 1.00 bits per heavy atom. The Kier molecular flexibility index (Phi) is 6.27. The van der Waals surface area contributed by atoms with Gasteiger partial charge in [0.05, 0.1) is 21.4 Å². The first kappa shape index (κ1) is 24.2. The van der Waals surface area contributed by atoms with Gasteiger partial charge in [0.1, 0.15) is 16.4 Å². The van der Waals surface area contributed by atoms with Gasteiger partial charge in [0.25, 0.3) is 5.69 Å². The van der Waals surface area contributed by atoms with E-state index in [4.69, 9.17) is 32.4 Å². The number of esters is 1. The summed E-state index contributed by atoms with van der Waals surface area (Å²) in [4.78, 5) is 35.6. The number of alkyl halides is 3. The van der Waals surface area contributed by atoms with Crippen molar-refractivity contribution in [3.63, 3.8) is 0 Å². The Balaban J connectivity index is 1.78. The summed E-state index contributed by atoms with van der Waals surface area (Å²) >= 11 is 11.5. The average molecular weight is 524 g/mol. The molecule has 0 aliphatic rings.